The predicted octanol–water partition coefficient (Wildman–Crippen LogP) is 5.39. The average Bonchev–Trinajstić information content (AvgIpc) is 2.66. The van der Waals surface area contributed by atoms with Gasteiger partial charge in [0.05, 0.1) is 6.61 Å². The fourth-order valence-corrected chi connectivity index (χ4v) is 3.55. The highest BCUT2D eigenvalue weighted by Crippen LogP contribution is 2.33. The van der Waals surface area contributed by atoms with Gasteiger partial charge in [0.1, 0.15) is 18.1 Å². The molecule has 0 saturated heterocycles. The van der Waals surface area contributed by atoms with Crippen LogP contribution in [0.25, 0.3) is 0 Å². The van der Waals surface area contributed by atoms with Gasteiger partial charge in [0.25, 0.3) is 0 Å². The first kappa shape index (κ1) is 23.8. The first-order valence-corrected chi connectivity index (χ1v) is 10.8. The van der Waals surface area contributed by atoms with Crippen LogP contribution in [0.2, 0.25) is 0 Å². The molecule has 0 aromatic heterocycles. The fourth-order valence-electron chi connectivity index (χ4n) is 2.53. The van der Waals surface area contributed by atoms with Crippen LogP contribution < -0.4 is 9.47 Å². The van der Waals surface area contributed by atoms with Gasteiger partial charge >= 0.3 is 5.97 Å². The summed E-state index contributed by atoms with van der Waals surface area (Å²) in [4.78, 5) is 25.6. The van der Waals surface area contributed by atoms with Crippen LogP contribution in [-0.2, 0) is 14.3 Å². The molecule has 0 N–H and O–H groups in total. The maximum Gasteiger partial charge on any atom is 0.344 e. The third-order valence-corrected chi connectivity index (χ3v) is 5.35. The van der Waals surface area contributed by atoms with E-state index in [9.17, 15) is 9.59 Å². The van der Waals surface area contributed by atoms with E-state index in [0.717, 1.165) is 26.7 Å². The van der Waals surface area contributed by atoms with E-state index in [4.69, 9.17) is 14.2 Å². The van der Waals surface area contributed by atoms with Crippen molar-refractivity contribution in [3.63, 3.8) is 0 Å². The number of ether oxygens (including phenoxy) is 3. The van der Waals surface area contributed by atoms with Crippen molar-refractivity contribution in [1.82, 2.24) is 0 Å². The van der Waals surface area contributed by atoms with E-state index < -0.39 is 5.41 Å². The van der Waals surface area contributed by atoms with Crippen LogP contribution in [0.5, 0.6) is 11.5 Å². The van der Waals surface area contributed by atoms with E-state index in [1.165, 1.54) is 0 Å². The van der Waals surface area contributed by atoms with Crippen molar-refractivity contribution in [3.8, 4) is 11.5 Å². The van der Waals surface area contributed by atoms with Crippen LogP contribution >= 0.6 is 11.8 Å². The van der Waals surface area contributed by atoms with E-state index in [1.54, 1.807) is 18.7 Å². The highest BCUT2D eigenvalue weighted by Gasteiger charge is 2.21. The molecular weight excluding hydrogens is 400 g/mol. The molecule has 0 heterocycles. The molecule has 2 aromatic rings. The molecule has 162 valence electrons. The largest absolute Gasteiger partial charge is 0.486 e. The van der Waals surface area contributed by atoms with Crippen molar-refractivity contribution in [3.05, 3.63) is 47.5 Å². The van der Waals surface area contributed by atoms with Crippen LogP contribution in [0.15, 0.2) is 46.2 Å². The number of Topliss-reactive ketones (excluding diaryl/α,β-unsaturated/α-hetero) is 1. The summed E-state index contributed by atoms with van der Waals surface area (Å²) in [5.74, 6) is 1.07. The number of hydrogen-bond donors (Lipinski definition) is 0. The lowest BCUT2D eigenvalue weighted by Gasteiger charge is -2.17. The monoisotopic (exact) mass is 430 g/mol. The molecule has 0 aliphatic carbocycles. The lowest BCUT2D eigenvalue weighted by molar-refractivity contribution is -0.145. The van der Waals surface area contributed by atoms with Crippen molar-refractivity contribution >= 4 is 23.5 Å². The van der Waals surface area contributed by atoms with Crippen molar-refractivity contribution in [2.75, 3.05) is 19.8 Å². The number of ketones is 1. The minimum atomic E-state index is -0.409. The number of carbonyl (C=O) groups is 2. The van der Waals surface area contributed by atoms with Crippen LogP contribution in [0, 0.1) is 19.3 Å². The highest BCUT2D eigenvalue weighted by atomic mass is 32.2. The lowest BCUT2D eigenvalue weighted by Crippen LogP contribution is -2.26. The number of esters is 1. The molecule has 30 heavy (non-hydrogen) atoms. The van der Waals surface area contributed by atoms with E-state index in [0.29, 0.717) is 12.4 Å². The van der Waals surface area contributed by atoms with Crippen LogP contribution in [0.3, 0.4) is 0 Å². The summed E-state index contributed by atoms with van der Waals surface area (Å²) in [6.45, 7) is 11.7. The zero-order chi connectivity index (χ0) is 22.3. The molecule has 0 unspecified atom stereocenters. The second-order valence-electron chi connectivity index (χ2n) is 8.01. The summed E-state index contributed by atoms with van der Waals surface area (Å²) in [7, 11) is 0. The predicted molar refractivity (Wildman–Crippen MR) is 119 cm³/mol. The Morgan fingerprint density at radius 1 is 0.867 bits per heavy atom. The molecule has 2 aromatic carbocycles. The average molecular weight is 431 g/mol. The number of carbonyl (C=O) groups excluding carboxylic acids is 2. The number of benzene rings is 2. The number of hydrogen-bond acceptors (Lipinski definition) is 6. The molecule has 0 fully saturated rings. The maximum atomic E-state index is 12.1. The third-order valence-electron chi connectivity index (χ3n) is 4.37. The normalized spacial score (nSPS) is 11.1. The van der Waals surface area contributed by atoms with Crippen molar-refractivity contribution in [1.29, 1.82) is 0 Å². The summed E-state index contributed by atoms with van der Waals surface area (Å²) in [6, 6.07) is 11.8. The molecular formula is C24H30O5S. The molecule has 2 rings (SSSR count). The Balaban J connectivity index is 1.99. The fraction of sp³-hybridized carbons (Fsp3) is 0.417. The van der Waals surface area contributed by atoms with Gasteiger partial charge in [-0.05, 0) is 68.3 Å². The van der Waals surface area contributed by atoms with Crippen LogP contribution in [0.1, 0.15) is 38.8 Å². The van der Waals surface area contributed by atoms with Crippen molar-refractivity contribution < 1.29 is 23.8 Å². The summed E-state index contributed by atoms with van der Waals surface area (Å²) >= 11 is 1.62. The summed E-state index contributed by atoms with van der Waals surface area (Å²) < 4.78 is 16.1. The van der Waals surface area contributed by atoms with Crippen molar-refractivity contribution in [2.24, 2.45) is 5.41 Å². The molecule has 0 aliphatic rings. The zero-order valence-corrected chi connectivity index (χ0v) is 19.4. The third kappa shape index (κ3) is 7.10. The Bertz CT molecular complexity index is 899. The van der Waals surface area contributed by atoms with Crippen molar-refractivity contribution in [2.45, 2.75) is 51.3 Å². The van der Waals surface area contributed by atoms with Crippen LogP contribution in [-0.4, -0.2) is 31.6 Å². The van der Waals surface area contributed by atoms with Gasteiger partial charge < -0.3 is 14.2 Å². The molecule has 0 atom stereocenters. The maximum absolute atomic E-state index is 12.1. The van der Waals surface area contributed by atoms with E-state index in [-0.39, 0.29) is 25.0 Å². The summed E-state index contributed by atoms with van der Waals surface area (Å²) in [5.41, 5.74) is 1.52. The minimum absolute atomic E-state index is 0.0705. The Morgan fingerprint density at radius 3 is 1.80 bits per heavy atom. The van der Waals surface area contributed by atoms with Gasteiger partial charge in [-0.25, -0.2) is 4.79 Å². The molecule has 0 spiro atoms. The molecule has 6 heteroatoms. The van der Waals surface area contributed by atoms with Crippen LogP contribution in [0.4, 0.5) is 0 Å². The Labute approximate surface area is 183 Å². The van der Waals surface area contributed by atoms with Gasteiger partial charge in [0, 0.05) is 15.2 Å². The van der Waals surface area contributed by atoms with E-state index in [1.807, 2.05) is 71.0 Å². The lowest BCUT2D eigenvalue weighted by atomic mass is 9.91. The zero-order valence-electron chi connectivity index (χ0n) is 18.5. The van der Waals surface area contributed by atoms with E-state index in [2.05, 4.69) is 0 Å². The SMILES string of the molecule is CCOC(=O)COc1ccc(Sc2ccc(OCC(=O)C(C)(C)C)c(C)c2)cc1C. The Morgan fingerprint density at radius 2 is 1.37 bits per heavy atom. The smallest absolute Gasteiger partial charge is 0.344 e. The molecule has 0 saturated carbocycles. The standard InChI is InChI=1S/C24H30O5S/c1-7-27-23(26)15-29-21-11-9-19(13-17(21)3)30-18-8-10-20(16(2)12-18)28-14-22(25)24(4,5)6/h8-13H,7,14-15H2,1-6H3. The second kappa shape index (κ2) is 10.5. The summed E-state index contributed by atoms with van der Waals surface area (Å²) in [6.07, 6.45) is 0. The Hall–Kier alpha value is -2.47. The van der Waals surface area contributed by atoms with Gasteiger partial charge in [0.2, 0.25) is 0 Å². The number of aryl methyl sites for hydroxylation is 2. The summed E-state index contributed by atoms with van der Waals surface area (Å²) in [5, 5.41) is 0. The van der Waals surface area contributed by atoms with E-state index >= 15 is 0 Å². The minimum Gasteiger partial charge on any atom is -0.486 e. The molecule has 5 nitrogen and oxygen atoms in total. The molecule has 0 bridgehead atoms. The van der Waals surface area contributed by atoms with Gasteiger partial charge in [-0.2, -0.15) is 0 Å². The number of rotatable bonds is 9. The first-order chi connectivity index (χ1) is 14.1. The quantitative estimate of drug-likeness (QED) is 0.497. The van der Waals surface area contributed by atoms with Gasteiger partial charge in [0.15, 0.2) is 12.4 Å². The van der Waals surface area contributed by atoms with Gasteiger partial charge in [-0.1, -0.05) is 32.5 Å². The molecule has 0 radical (unpaired) electrons. The first-order valence-electron chi connectivity index (χ1n) is 9.94. The van der Waals surface area contributed by atoms with Gasteiger partial charge in [-0.15, -0.1) is 0 Å². The van der Waals surface area contributed by atoms with Gasteiger partial charge in [-0.3, -0.25) is 4.79 Å². The molecule has 0 amide bonds. The second-order valence-corrected chi connectivity index (χ2v) is 9.16. The molecule has 0 aliphatic heterocycles. The Kier molecular flexibility index (Phi) is 8.35. The highest BCUT2D eigenvalue weighted by molar-refractivity contribution is 7.99. The topological polar surface area (TPSA) is 61.8 Å².